The molecule has 0 radical (unpaired) electrons. The molecule has 0 spiro atoms. The van der Waals surface area contributed by atoms with E-state index in [1.165, 1.54) is 17.4 Å². The number of aromatic amines is 1. The molecular formula is C18H16FN3O2S. The van der Waals surface area contributed by atoms with Gasteiger partial charge in [0, 0.05) is 30.8 Å². The molecule has 0 fully saturated rings. The standard InChI is InChI=1S/C18H16FN3O2S/c19-13-4-1-3-11(16(13)23)9-22-7-6-12-14(10-22)20-17(21-18(12)24)15-5-2-8-25-15/h1-5,8,23H,6-7,9-10H2,(H,20,21,24). The molecule has 2 N–H and O–H groups in total. The third-order valence-corrected chi connectivity index (χ3v) is 5.25. The lowest BCUT2D eigenvalue weighted by atomic mass is 10.1. The summed E-state index contributed by atoms with van der Waals surface area (Å²) in [5, 5.41) is 11.8. The van der Waals surface area contributed by atoms with E-state index < -0.39 is 5.82 Å². The highest BCUT2D eigenvalue weighted by Gasteiger charge is 2.22. The van der Waals surface area contributed by atoms with E-state index in [0.717, 1.165) is 10.6 Å². The van der Waals surface area contributed by atoms with Crippen LogP contribution in [-0.4, -0.2) is 26.5 Å². The van der Waals surface area contributed by atoms with Crippen LogP contribution in [0.25, 0.3) is 10.7 Å². The minimum atomic E-state index is -0.621. The Morgan fingerprint density at radius 3 is 3.00 bits per heavy atom. The van der Waals surface area contributed by atoms with E-state index in [1.54, 1.807) is 12.1 Å². The van der Waals surface area contributed by atoms with E-state index >= 15 is 0 Å². The van der Waals surface area contributed by atoms with E-state index in [4.69, 9.17) is 0 Å². The molecule has 3 heterocycles. The fourth-order valence-electron chi connectivity index (χ4n) is 3.09. The first kappa shape index (κ1) is 16.0. The molecule has 0 saturated heterocycles. The predicted octanol–water partition coefficient (Wildman–Crippen LogP) is 2.90. The summed E-state index contributed by atoms with van der Waals surface area (Å²) in [4.78, 5) is 22.8. The van der Waals surface area contributed by atoms with Crippen LogP contribution >= 0.6 is 11.3 Å². The van der Waals surface area contributed by atoms with Gasteiger partial charge in [-0.3, -0.25) is 9.69 Å². The highest BCUT2D eigenvalue weighted by molar-refractivity contribution is 7.13. The second-order valence-electron chi connectivity index (χ2n) is 6.03. The number of hydrogen-bond donors (Lipinski definition) is 2. The van der Waals surface area contributed by atoms with Gasteiger partial charge in [-0.15, -0.1) is 11.3 Å². The Balaban J connectivity index is 1.62. The number of aromatic nitrogens is 2. The summed E-state index contributed by atoms with van der Waals surface area (Å²) < 4.78 is 13.5. The van der Waals surface area contributed by atoms with E-state index in [9.17, 15) is 14.3 Å². The first-order valence-corrected chi connectivity index (χ1v) is 8.84. The minimum Gasteiger partial charge on any atom is -0.505 e. The Kier molecular flexibility index (Phi) is 4.10. The van der Waals surface area contributed by atoms with Gasteiger partial charge in [0.15, 0.2) is 17.4 Å². The maximum absolute atomic E-state index is 13.5. The van der Waals surface area contributed by atoms with Crippen molar-refractivity contribution in [2.75, 3.05) is 6.54 Å². The third kappa shape index (κ3) is 3.08. The van der Waals surface area contributed by atoms with Crippen molar-refractivity contribution in [3.8, 4) is 16.5 Å². The first-order chi connectivity index (χ1) is 12.1. The number of phenols is 1. The molecule has 3 aromatic rings. The number of hydrogen-bond acceptors (Lipinski definition) is 5. The number of halogens is 1. The molecule has 0 aliphatic carbocycles. The number of fused-ring (bicyclic) bond motifs is 1. The summed E-state index contributed by atoms with van der Waals surface area (Å²) >= 11 is 1.52. The average molecular weight is 357 g/mol. The Labute approximate surface area is 147 Å². The molecule has 25 heavy (non-hydrogen) atoms. The Bertz CT molecular complexity index is 969. The average Bonchev–Trinajstić information content (AvgIpc) is 3.13. The van der Waals surface area contributed by atoms with Crippen molar-refractivity contribution in [3.05, 3.63) is 68.7 Å². The van der Waals surface area contributed by atoms with Crippen molar-refractivity contribution in [2.24, 2.45) is 0 Å². The second-order valence-corrected chi connectivity index (χ2v) is 6.97. The number of nitrogens with one attached hydrogen (secondary N) is 1. The zero-order valence-electron chi connectivity index (χ0n) is 13.3. The molecule has 1 aromatic carbocycles. The number of rotatable bonds is 3. The lowest BCUT2D eigenvalue weighted by molar-refractivity contribution is 0.236. The lowest BCUT2D eigenvalue weighted by Gasteiger charge is -2.27. The van der Waals surface area contributed by atoms with Crippen LogP contribution < -0.4 is 5.56 Å². The molecule has 0 saturated carbocycles. The van der Waals surface area contributed by atoms with Gasteiger partial charge in [-0.05, 0) is 23.9 Å². The van der Waals surface area contributed by atoms with E-state index in [1.807, 2.05) is 17.5 Å². The number of phenolic OH excluding ortho intramolecular Hbond substituents is 1. The zero-order chi connectivity index (χ0) is 17.4. The molecular weight excluding hydrogens is 341 g/mol. The molecule has 7 heteroatoms. The van der Waals surface area contributed by atoms with Gasteiger partial charge in [0.05, 0.1) is 10.6 Å². The SMILES string of the molecule is O=c1[nH]c(-c2cccs2)nc2c1CCN(Cc1cccc(F)c1O)C2. The largest absolute Gasteiger partial charge is 0.505 e. The van der Waals surface area contributed by atoms with Gasteiger partial charge in [-0.25, -0.2) is 9.37 Å². The summed E-state index contributed by atoms with van der Waals surface area (Å²) in [7, 11) is 0. The molecule has 2 aromatic heterocycles. The molecule has 0 atom stereocenters. The summed E-state index contributed by atoms with van der Waals surface area (Å²) in [6, 6.07) is 8.36. The van der Waals surface area contributed by atoms with Crippen molar-refractivity contribution in [2.45, 2.75) is 19.5 Å². The van der Waals surface area contributed by atoms with E-state index in [0.29, 0.717) is 43.0 Å². The van der Waals surface area contributed by atoms with Crippen molar-refractivity contribution < 1.29 is 9.50 Å². The summed E-state index contributed by atoms with van der Waals surface area (Å²) in [5.74, 6) is -0.356. The van der Waals surface area contributed by atoms with Crippen molar-refractivity contribution in [1.29, 1.82) is 0 Å². The number of aromatic hydroxyl groups is 1. The maximum Gasteiger partial charge on any atom is 0.254 e. The van der Waals surface area contributed by atoms with E-state index in [2.05, 4.69) is 14.9 Å². The van der Waals surface area contributed by atoms with Gasteiger partial charge < -0.3 is 10.1 Å². The number of thiophene rings is 1. The van der Waals surface area contributed by atoms with Crippen molar-refractivity contribution in [3.63, 3.8) is 0 Å². The number of benzene rings is 1. The smallest absolute Gasteiger partial charge is 0.254 e. The van der Waals surface area contributed by atoms with Crippen LogP contribution in [0.2, 0.25) is 0 Å². The topological polar surface area (TPSA) is 69.2 Å². The van der Waals surface area contributed by atoms with Crippen LogP contribution in [-0.2, 0) is 19.5 Å². The Hall–Kier alpha value is -2.51. The van der Waals surface area contributed by atoms with Crippen LogP contribution in [0.3, 0.4) is 0 Å². The van der Waals surface area contributed by atoms with Gasteiger partial charge in [0.1, 0.15) is 0 Å². The Morgan fingerprint density at radius 1 is 1.32 bits per heavy atom. The van der Waals surface area contributed by atoms with Crippen LogP contribution in [0.5, 0.6) is 5.75 Å². The normalized spacial score (nSPS) is 14.4. The monoisotopic (exact) mass is 357 g/mol. The molecule has 0 unspecified atom stereocenters. The molecule has 4 rings (SSSR count). The summed E-state index contributed by atoms with van der Waals surface area (Å²) in [5.41, 5.74) is 1.89. The fourth-order valence-corrected chi connectivity index (χ4v) is 3.76. The van der Waals surface area contributed by atoms with Crippen LogP contribution in [0.1, 0.15) is 16.8 Å². The highest BCUT2D eigenvalue weighted by atomic mass is 32.1. The molecule has 1 aliphatic rings. The number of para-hydroxylation sites is 1. The third-order valence-electron chi connectivity index (χ3n) is 4.37. The summed E-state index contributed by atoms with van der Waals surface area (Å²) in [6.07, 6.45) is 0.582. The fraction of sp³-hybridized carbons (Fsp3) is 0.222. The van der Waals surface area contributed by atoms with Gasteiger partial charge in [-0.1, -0.05) is 18.2 Å². The van der Waals surface area contributed by atoms with Crippen molar-refractivity contribution >= 4 is 11.3 Å². The second kappa shape index (κ2) is 6.42. The Morgan fingerprint density at radius 2 is 2.20 bits per heavy atom. The van der Waals surface area contributed by atoms with Gasteiger partial charge >= 0.3 is 0 Å². The van der Waals surface area contributed by atoms with Crippen LogP contribution in [0.4, 0.5) is 4.39 Å². The number of nitrogens with zero attached hydrogens (tertiary/aromatic N) is 2. The predicted molar refractivity (Wildman–Crippen MR) is 94.1 cm³/mol. The van der Waals surface area contributed by atoms with Crippen LogP contribution in [0, 0.1) is 5.82 Å². The van der Waals surface area contributed by atoms with Gasteiger partial charge in [-0.2, -0.15) is 0 Å². The quantitative estimate of drug-likeness (QED) is 0.756. The highest BCUT2D eigenvalue weighted by Crippen LogP contribution is 2.26. The maximum atomic E-state index is 13.5. The van der Waals surface area contributed by atoms with Crippen LogP contribution in [0.15, 0.2) is 40.5 Å². The van der Waals surface area contributed by atoms with Gasteiger partial charge in [0.2, 0.25) is 0 Å². The molecule has 5 nitrogen and oxygen atoms in total. The first-order valence-electron chi connectivity index (χ1n) is 7.96. The molecule has 0 amide bonds. The molecule has 1 aliphatic heterocycles. The molecule has 128 valence electrons. The minimum absolute atomic E-state index is 0.0957. The van der Waals surface area contributed by atoms with Crippen molar-refractivity contribution in [1.82, 2.24) is 14.9 Å². The zero-order valence-corrected chi connectivity index (χ0v) is 14.1. The molecule has 0 bridgehead atoms. The van der Waals surface area contributed by atoms with E-state index in [-0.39, 0.29) is 11.3 Å². The lowest BCUT2D eigenvalue weighted by Crippen LogP contribution is -2.35. The number of H-pyrrole nitrogens is 1. The van der Waals surface area contributed by atoms with Gasteiger partial charge in [0.25, 0.3) is 5.56 Å². The summed E-state index contributed by atoms with van der Waals surface area (Å²) in [6.45, 7) is 1.56.